The molecule has 1 aromatic heterocycles. The highest BCUT2D eigenvalue weighted by Crippen LogP contribution is 2.23. The van der Waals surface area contributed by atoms with Gasteiger partial charge in [0.2, 0.25) is 0 Å². The molecule has 2 unspecified atom stereocenters. The molecule has 6 nitrogen and oxygen atoms in total. The topological polar surface area (TPSA) is 72.9 Å². The highest BCUT2D eigenvalue weighted by Gasteiger charge is 2.29. The Morgan fingerprint density at radius 2 is 2.29 bits per heavy atom. The first kappa shape index (κ1) is 12.4. The molecule has 96 valence electrons. The normalized spacial score (nSPS) is 25.6. The van der Waals surface area contributed by atoms with Gasteiger partial charge in [-0.3, -0.25) is 4.90 Å². The molecular weight excluding hydrogens is 216 g/mol. The molecule has 0 radical (unpaired) electrons. The van der Waals surface area contributed by atoms with Gasteiger partial charge in [0, 0.05) is 19.1 Å². The zero-order valence-electron chi connectivity index (χ0n) is 10.7. The van der Waals surface area contributed by atoms with Gasteiger partial charge in [-0.05, 0) is 42.7 Å². The summed E-state index contributed by atoms with van der Waals surface area (Å²) >= 11 is 0. The summed E-state index contributed by atoms with van der Waals surface area (Å²) in [4.78, 5) is 2.43. The second-order valence-electron chi connectivity index (χ2n) is 4.93. The minimum absolute atomic E-state index is 0.579. The van der Waals surface area contributed by atoms with E-state index < -0.39 is 0 Å². The predicted octanol–water partition coefficient (Wildman–Crippen LogP) is 0.252. The first-order valence-corrected chi connectivity index (χ1v) is 6.43. The van der Waals surface area contributed by atoms with Crippen molar-refractivity contribution in [1.82, 2.24) is 25.1 Å². The van der Waals surface area contributed by atoms with Gasteiger partial charge in [-0.2, -0.15) is 0 Å². The Morgan fingerprint density at radius 3 is 2.94 bits per heavy atom. The smallest absolute Gasteiger partial charge is 0.165 e. The van der Waals surface area contributed by atoms with E-state index in [1.807, 2.05) is 4.68 Å². The fraction of sp³-hybridized carbons (Fsp3) is 0.909. The highest BCUT2D eigenvalue weighted by atomic mass is 15.5. The fourth-order valence-corrected chi connectivity index (χ4v) is 2.51. The van der Waals surface area contributed by atoms with Gasteiger partial charge in [-0.15, -0.1) is 5.10 Å². The summed E-state index contributed by atoms with van der Waals surface area (Å²) < 4.78 is 1.91. The van der Waals surface area contributed by atoms with Gasteiger partial charge in [0.25, 0.3) is 0 Å². The van der Waals surface area contributed by atoms with Gasteiger partial charge in [0.05, 0.1) is 6.54 Å². The van der Waals surface area contributed by atoms with Gasteiger partial charge >= 0.3 is 0 Å². The molecule has 1 aromatic rings. The molecule has 0 saturated carbocycles. The van der Waals surface area contributed by atoms with Crippen LogP contribution in [0.2, 0.25) is 0 Å². The average Bonchev–Trinajstić information content (AvgIpc) is 2.88. The van der Waals surface area contributed by atoms with E-state index in [1.165, 1.54) is 6.42 Å². The molecule has 0 spiro atoms. The molecule has 0 amide bonds. The van der Waals surface area contributed by atoms with E-state index >= 15 is 0 Å². The van der Waals surface area contributed by atoms with Crippen LogP contribution >= 0.6 is 0 Å². The number of likely N-dealkylation sites (tertiary alicyclic amines) is 1. The molecule has 1 fully saturated rings. The van der Waals surface area contributed by atoms with Crippen LogP contribution in [0.3, 0.4) is 0 Å². The molecule has 2 N–H and O–H groups in total. The van der Waals surface area contributed by atoms with Gasteiger partial charge in [-0.1, -0.05) is 6.92 Å². The van der Waals surface area contributed by atoms with E-state index in [0.29, 0.717) is 12.0 Å². The number of aromatic nitrogens is 4. The van der Waals surface area contributed by atoms with Crippen LogP contribution in [0.1, 0.15) is 32.5 Å². The molecule has 6 heteroatoms. The SMILES string of the molecule is CCCn1nnnc1CN1CC(CN)CC1C. The van der Waals surface area contributed by atoms with E-state index in [0.717, 1.165) is 38.4 Å². The fourth-order valence-electron chi connectivity index (χ4n) is 2.51. The van der Waals surface area contributed by atoms with Gasteiger partial charge < -0.3 is 5.73 Å². The Hall–Kier alpha value is -1.01. The van der Waals surface area contributed by atoms with Crippen molar-refractivity contribution in [2.45, 2.75) is 45.8 Å². The van der Waals surface area contributed by atoms with E-state index in [1.54, 1.807) is 0 Å². The highest BCUT2D eigenvalue weighted by molar-refractivity contribution is 4.88. The lowest BCUT2D eigenvalue weighted by molar-refractivity contribution is 0.244. The molecule has 2 atom stereocenters. The molecular formula is C11H22N6. The van der Waals surface area contributed by atoms with Crippen LogP contribution in [-0.4, -0.2) is 44.2 Å². The standard InChI is InChI=1S/C11H22N6/c1-3-4-17-11(13-14-15-17)8-16-7-10(6-12)5-9(16)2/h9-10H,3-8,12H2,1-2H3. The van der Waals surface area contributed by atoms with E-state index in [4.69, 9.17) is 5.73 Å². The Bertz CT molecular complexity index is 349. The number of nitrogens with zero attached hydrogens (tertiary/aromatic N) is 5. The quantitative estimate of drug-likeness (QED) is 0.796. The number of tetrazole rings is 1. The number of rotatable bonds is 5. The molecule has 1 saturated heterocycles. The maximum absolute atomic E-state index is 5.74. The summed E-state index contributed by atoms with van der Waals surface area (Å²) in [7, 11) is 0. The summed E-state index contributed by atoms with van der Waals surface area (Å²) in [5, 5.41) is 11.9. The molecule has 1 aliphatic rings. The molecule has 0 aromatic carbocycles. The third-order valence-corrected chi connectivity index (χ3v) is 3.51. The number of aryl methyl sites for hydroxylation is 1. The summed E-state index contributed by atoms with van der Waals surface area (Å²) in [5.41, 5.74) is 5.74. The van der Waals surface area contributed by atoms with Crippen LogP contribution in [0.15, 0.2) is 0 Å². The van der Waals surface area contributed by atoms with Crippen LogP contribution in [0, 0.1) is 5.92 Å². The summed E-state index contributed by atoms with van der Waals surface area (Å²) in [6, 6.07) is 0.579. The Labute approximate surface area is 102 Å². The van der Waals surface area contributed by atoms with Crippen LogP contribution in [0.25, 0.3) is 0 Å². The minimum Gasteiger partial charge on any atom is -0.330 e. The lowest BCUT2D eigenvalue weighted by Crippen LogP contribution is -2.29. The van der Waals surface area contributed by atoms with Crippen molar-refractivity contribution in [3.63, 3.8) is 0 Å². The molecule has 0 aliphatic carbocycles. The van der Waals surface area contributed by atoms with Crippen molar-refractivity contribution in [2.75, 3.05) is 13.1 Å². The van der Waals surface area contributed by atoms with Crippen molar-refractivity contribution in [1.29, 1.82) is 0 Å². The second-order valence-corrected chi connectivity index (χ2v) is 4.93. The predicted molar refractivity (Wildman–Crippen MR) is 65.1 cm³/mol. The maximum Gasteiger partial charge on any atom is 0.165 e. The van der Waals surface area contributed by atoms with Gasteiger partial charge in [0.1, 0.15) is 0 Å². The zero-order chi connectivity index (χ0) is 12.3. The maximum atomic E-state index is 5.74. The van der Waals surface area contributed by atoms with Gasteiger partial charge in [0.15, 0.2) is 5.82 Å². The van der Waals surface area contributed by atoms with Crippen molar-refractivity contribution in [3.05, 3.63) is 5.82 Å². The third-order valence-electron chi connectivity index (χ3n) is 3.51. The van der Waals surface area contributed by atoms with Crippen molar-refractivity contribution < 1.29 is 0 Å². The minimum atomic E-state index is 0.579. The first-order valence-electron chi connectivity index (χ1n) is 6.43. The Balaban J connectivity index is 1.98. The largest absolute Gasteiger partial charge is 0.330 e. The van der Waals surface area contributed by atoms with Crippen LogP contribution in [0.4, 0.5) is 0 Å². The molecule has 0 bridgehead atoms. The van der Waals surface area contributed by atoms with Crippen LogP contribution < -0.4 is 5.73 Å². The summed E-state index contributed by atoms with van der Waals surface area (Å²) in [6.07, 6.45) is 2.24. The third kappa shape index (κ3) is 2.81. The molecule has 2 heterocycles. The van der Waals surface area contributed by atoms with Crippen molar-refractivity contribution in [2.24, 2.45) is 11.7 Å². The second kappa shape index (κ2) is 5.55. The zero-order valence-corrected chi connectivity index (χ0v) is 10.7. The van der Waals surface area contributed by atoms with Crippen molar-refractivity contribution in [3.8, 4) is 0 Å². The van der Waals surface area contributed by atoms with Crippen LogP contribution in [0.5, 0.6) is 0 Å². The van der Waals surface area contributed by atoms with E-state index in [-0.39, 0.29) is 0 Å². The lowest BCUT2D eigenvalue weighted by atomic mass is 10.1. The Morgan fingerprint density at radius 1 is 1.47 bits per heavy atom. The van der Waals surface area contributed by atoms with Gasteiger partial charge in [-0.25, -0.2) is 4.68 Å². The lowest BCUT2D eigenvalue weighted by Gasteiger charge is -2.20. The molecule has 2 rings (SSSR count). The summed E-state index contributed by atoms with van der Waals surface area (Å²) in [6.45, 7) is 7.96. The van der Waals surface area contributed by atoms with Crippen LogP contribution in [-0.2, 0) is 13.1 Å². The monoisotopic (exact) mass is 238 g/mol. The molecule has 17 heavy (non-hydrogen) atoms. The number of nitrogens with two attached hydrogens (primary N) is 1. The first-order chi connectivity index (χ1) is 8.24. The number of hydrogen-bond acceptors (Lipinski definition) is 5. The Kier molecular flexibility index (Phi) is 4.06. The summed E-state index contributed by atoms with van der Waals surface area (Å²) in [5.74, 6) is 1.59. The molecule has 1 aliphatic heterocycles. The van der Waals surface area contributed by atoms with Crippen molar-refractivity contribution >= 4 is 0 Å². The van der Waals surface area contributed by atoms with E-state index in [9.17, 15) is 0 Å². The number of hydrogen-bond donors (Lipinski definition) is 1. The average molecular weight is 238 g/mol. The van der Waals surface area contributed by atoms with E-state index in [2.05, 4.69) is 34.3 Å².